The van der Waals surface area contributed by atoms with Gasteiger partial charge in [0.05, 0.1) is 0 Å². The summed E-state index contributed by atoms with van der Waals surface area (Å²) in [4.78, 5) is 4.33. The predicted molar refractivity (Wildman–Crippen MR) is 89.2 cm³/mol. The van der Waals surface area contributed by atoms with Crippen LogP contribution in [0.3, 0.4) is 0 Å². The lowest BCUT2D eigenvalue weighted by Crippen LogP contribution is -2.02. The predicted octanol–water partition coefficient (Wildman–Crippen LogP) is 6.41. The summed E-state index contributed by atoms with van der Waals surface area (Å²) in [6.45, 7) is 6.81. The maximum absolute atomic E-state index is 4.33. The van der Waals surface area contributed by atoms with Crippen molar-refractivity contribution in [3.05, 3.63) is 29.6 Å². The standard InChI is InChI=1S/C19H33N/c1-4-6-7-8-9-10-11-13-18(12-5-2)19-16-20-15-14-17(19)3/h14-16,18H,4-13H2,1-3H3. The van der Waals surface area contributed by atoms with Crippen LogP contribution in [0.4, 0.5) is 0 Å². The van der Waals surface area contributed by atoms with Crippen LogP contribution in [0.25, 0.3) is 0 Å². The molecular formula is C19H33N. The Labute approximate surface area is 126 Å². The van der Waals surface area contributed by atoms with E-state index in [4.69, 9.17) is 0 Å². The van der Waals surface area contributed by atoms with Crippen LogP contribution in [0.5, 0.6) is 0 Å². The molecule has 0 aliphatic rings. The molecule has 1 heteroatoms. The van der Waals surface area contributed by atoms with E-state index in [1.807, 2.05) is 6.20 Å². The van der Waals surface area contributed by atoms with E-state index < -0.39 is 0 Å². The number of pyridine rings is 1. The van der Waals surface area contributed by atoms with Gasteiger partial charge in [-0.3, -0.25) is 4.98 Å². The number of hydrogen-bond acceptors (Lipinski definition) is 1. The Bertz CT molecular complexity index is 345. The second kappa shape index (κ2) is 10.9. The first-order valence-corrected chi connectivity index (χ1v) is 8.70. The third-order valence-corrected chi connectivity index (χ3v) is 4.31. The molecule has 1 nitrogen and oxygen atoms in total. The second-order valence-electron chi connectivity index (χ2n) is 6.13. The van der Waals surface area contributed by atoms with E-state index in [1.165, 1.54) is 75.3 Å². The zero-order chi connectivity index (χ0) is 14.6. The molecule has 1 rings (SSSR count). The molecule has 0 amide bonds. The average Bonchev–Trinajstić information content (AvgIpc) is 2.46. The van der Waals surface area contributed by atoms with Crippen LogP contribution in [-0.4, -0.2) is 4.98 Å². The van der Waals surface area contributed by atoms with Gasteiger partial charge in [0.15, 0.2) is 0 Å². The number of unbranched alkanes of at least 4 members (excludes halogenated alkanes) is 6. The van der Waals surface area contributed by atoms with Gasteiger partial charge in [-0.15, -0.1) is 0 Å². The maximum atomic E-state index is 4.33. The molecule has 1 aromatic rings. The minimum Gasteiger partial charge on any atom is -0.264 e. The minimum atomic E-state index is 0.726. The molecule has 0 saturated heterocycles. The Morgan fingerprint density at radius 3 is 2.25 bits per heavy atom. The molecule has 0 saturated carbocycles. The number of hydrogen-bond donors (Lipinski definition) is 0. The molecule has 0 spiro atoms. The Balaban J connectivity index is 2.31. The van der Waals surface area contributed by atoms with E-state index in [-0.39, 0.29) is 0 Å². The summed E-state index contributed by atoms with van der Waals surface area (Å²) in [5, 5.41) is 0. The summed E-state index contributed by atoms with van der Waals surface area (Å²) in [7, 11) is 0. The minimum absolute atomic E-state index is 0.726. The Hall–Kier alpha value is -0.850. The van der Waals surface area contributed by atoms with Crippen molar-refractivity contribution in [1.82, 2.24) is 4.98 Å². The molecule has 114 valence electrons. The lowest BCUT2D eigenvalue weighted by Gasteiger charge is -2.18. The first-order valence-electron chi connectivity index (χ1n) is 8.70. The summed E-state index contributed by atoms with van der Waals surface area (Å²) < 4.78 is 0. The van der Waals surface area contributed by atoms with Crippen LogP contribution < -0.4 is 0 Å². The molecule has 0 aliphatic carbocycles. The normalized spacial score (nSPS) is 12.6. The summed E-state index contributed by atoms with van der Waals surface area (Å²) in [5.41, 5.74) is 2.90. The molecule has 1 heterocycles. The van der Waals surface area contributed by atoms with Gasteiger partial charge >= 0.3 is 0 Å². The zero-order valence-corrected chi connectivity index (χ0v) is 13.8. The molecule has 0 radical (unpaired) electrons. The van der Waals surface area contributed by atoms with Crippen LogP contribution >= 0.6 is 0 Å². The van der Waals surface area contributed by atoms with Gasteiger partial charge in [-0.2, -0.15) is 0 Å². The molecule has 0 N–H and O–H groups in total. The SMILES string of the molecule is CCCCCCCCCC(CCC)c1cnccc1C. The van der Waals surface area contributed by atoms with Gasteiger partial charge in [-0.05, 0) is 42.9 Å². The highest BCUT2D eigenvalue weighted by Gasteiger charge is 2.12. The van der Waals surface area contributed by atoms with E-state index >= 15 is 0 Å². The summed E-state index contributed by atoms with van der Waals surface area (Å²) in [6.07, 6.45) is 17.7. The van der Waals surface area contributed by atoms with Gasteiger partial charge < -0.3 is 0 Å². The molecule has 0 aliphatic heterocycles. The van der Waals surface area contributed by atoms with Crippen molar-refractivity contribution in [3.8, 4) is 0 Å². The fourth-order valence-corrected chi connectivity index (χ4v) is 3.06. The molecule has 20 heavy (non-hydrogen) atoms. The second-order valence-corrected chi connectivity index (χ2v) is 6.13. The Kier molecular flexibility index (Phi) is 9.36. The van der Waals surface area contributed by atoms with Gasteiger partial charge in [0.1, 0.15) is 0 Å². The highest BCUT2D eigenvalue weighted by Crippen LogP contribution is 2.29. The fraction of sp³-hybridized carbons (Fsp3) is 0.737. The number of aryl methyl sites for hydroxylation is 1. The topological polar surface area (TPSA) is 12.9 Å². The first-order chi connectivity index (χ1) is 9.79. The fourth-order valence-electron chi connectivity index (χ4n) is 3.06. The van der Waals surface area contributed by atoms with Crippen LogP contribution in [0.2, 0.25) is 0 Å². The van der Waals surface area contributed by atoms with Gasteiger partial charge in [-0.25, -0.2) is 0 Å². The van der Waals surface area contributed by atoms with Crippen LogP contribution in [-0.2, 0) is 0 Å². The molecule has 1 unspecified atom stereocenters. The van der Waals surface area contributed by atoms with Crippen molar-refractivity contribution < 1.29 is 0 Å². The van der Waals surface area contributed by atoms with E-state index in [0.717, 1.165) is 5.92 Å². The number of aromatic nitrogens is 1. The van der Waals surface area contributed by atoms with Crippen LogP contribution in [0.1, 0.15) is 95.1 Å². The number of nitrogens with zero attached hydrogens (tertiary/aromatic N) is 1. The molecule has 1 aromatic heterocycles. The smallest absolute Gasteiger partial charge is 0.0305 e. The van der Waals surface area contributed by atoms with E-state index in [0.29, 0.717) is 0 Å². The van der Waals surface area contributed by atoms with Gasteiger partial charge in [-0.1, -0.05) is 65.2 Å². The van der Waals surface area contributed by atoms with Crippen LogP contribution in [0, 0.1) is 6.92 Å². The first kappa shape index (κ1) is 17.2. The van der Waals surface area contributed by atoms with Crippen molar-refractivity contribution in [2.24, 2.45) is 0 Å². The highest BCUT2D eigenvalue weighted by atomic mass is 14.6. The van der Waals surface area contributed by atoms with Crippen molar-refractivity contribution >= 4 is 0 Å². The molecule has 0 fully saturated rings. The quantitative estimate of drug-likeness (QED) is 0.425. The van der Waals surface area contributed by atoms with E-state index in [1.54, 1.807) is 0 Å². The molecule has 0 bridgehead atoms. The van der Waals surface area contributed by atoms with E-state index in [2.05, 4.69) is 38.0 Å². The summed E-state index contributed by atoms with van der Waals surface area (Å²) >= 11 is 0. The maximum Gasteiger partial charge on any atom is 0.0305 e. The van der Waals surface area contributed by atoms with Gasteiger partial charge in [0, 0.05) is 12.4 Å². The summed E-state index contributed by atoms with van der Waals surface area (Å²) in [5.74, 6) is 0.726. The largest absolute Gasteiger partial charge is 0.264 e. The third-order valence-electron chi connectivity index (χ3n) is 4.31. The third kappa shape index (κ3) is 6.54. The van der Waals surface area contributed by atoms with Crippen molar-refractivity contribution in [3.63, 3.8) is 0 Å². The Morgan fingerprint density at radius 2 is 1.60 bits per heavy atom. The lowest BCUT2D eigenvalue weighted by atomic mass is 9.88. The Morgan fingerprint density at radius 1 is 0.900 bits per heavy atom. The van der Waals surface area contributed by atoms with E-state index in [9.17, 15) is 0 Å². The van der Waals surface area contributed by atoms with Crippen molar-refractivity contribution in [2.75, 3.05) is 0 Å². The lowest BCUT2D eigenvalue weighted by molar-refractivity contribution is 0.507. The molecule has 0 aromatic carbocycles. The van der Waals surface area contributed by atoms with Crippen molar-refractivity contribution in [1.29, 1.82) is 0 Å². The number of rotatable bonds is 11. The van der Waals surface area contributed by atoms with Gasteiger partial charge in [0.2, 0.25) is 0 Å². The highest BCUT2D eigenvalue weighted by molar-refractivity contribution is 5.25. The van der Waals surface area contributed by atoms with Crippen molar-refractivity contribution in [2.45, 2.75) is 90.9 Å². The monoisotopic (exact) mass is 275 g/mol. The molecular weight excluding hydrogens is 242 g/mol. The molecule has 1 atom stereocenters. The average molecular weight is 275 g/mol. The van der Waals surface area contributed by atoms with Gasteiger partial charge in [0.25, 0.3) is 0 Å². The summed E-state index contributed by atoms with van der Waals surface area (Å²) in [6, 6.07) is 2.16. The zero-order valence-electron chi connectivity index (χ0n) is 13.8. The van der Waals surface area contributed by atoms with Crippen LogP contribution in [0.15, 0.2) is 18.5 Å².